The van der Waals surface area contributed by atoms with E-state index in [9.17, 15) is 4.79 Å². The van der Waals surface area contributed by atoms with Gasteiger partial charge in [-0.1, -0.05) is 42.0 Å². The number of ether oxygens (including phenoxy) is 1. The van der Waals surface area contributed by atoms with Gasteiger partial charge in [-0.15, -0.1) is 0 Å². The summed E-state index contributed by atoms with van der Waals surface area (Å²) in [5.41, 5.74) is 8.84. The highest BCUT2D eigenvalue weighted by Crippen LogP contribution is 2.22. The maximum atomic E-state index is 12.5. The van der Waals surface area contributed by atoms with Gasteiger partial charge in [0.15, 0.2) is 0 Å². The maximum Gasteiger partial charge on any atom is 0.289 e. The lowest BCUT2D eigenvalue weighted by Crippen LogP contribution is -2.21. The highest BCUT2D eigenvalue weighted by molar-refractivity contribution is 5.94. The van der Waals surface area contributed by atoms with E-state index in [1.54, 1.807) is 12.3 Å². The lowest BCUT2D eigenvalue weighted by molar-refractivity contribution is 0.0950. The normalized spacial score (nSPS) is 11.0. The zero-order valence-corrected chi connectivity index (χ0v) is 20.9. The highest BCUT2D eigenvalue weighted by atomic mass is 16.5. The Kier molecular flexibility index (Phi) is 8.13. The fraction of sp³-hybridized carbons (Fsp3) is 0.207. The summed E-state index contributed by atoms with van der Waals surface area (Å²) in [6.07, 6.45) is 1.62. The SMILES string of the molecule is CCN(CC)c1ccc(/C=N/NC(=O)c2cc(-c3ccc(OCc4ccc(C)cc4)cc3)n[nH]2)cc1. The van der Waals surface area contributed by atoms with E-state index in [1.165, 1.54) is 5.56 Å². The van der Waals surface area contributed by atoms with Gasteiger partial charge in [0.1, 0.15) is 18.1 Å². The van der Waals surface area contributed by atoms with Crippen molar-refractivity contribution in [2.45, 2.75) is 27.4 Å². The Bertz CT molecular complexity index is 1290. The molecule has 0 atom stereocenters. The molecule has 7 nitrogen and oxygen atoms in total. The van der Waals surface area contributed by atoms with E-state index in [0.717, 1.165) is 41.2 Å². The van der Waals surface area contributed by atoms with Crippen LogP contribution < -0.4 is 15.1 Å². The van der Waals surface area contributed by atoms with E-state index >= 15 is 0 Å². The van der Waals surface area contributed by atoms with Crippen LogP contribution in [-0.2, 0) is 6.61 Å². The van der Waals surface area contributed by atoms with Gasteiger partial charge in [-0.05, 0) is 74.4 Å². The van der Waals surface area contributed by atoms with Crippen molar-refractivity contribution in [2.24, 2.45) is 5.10 Å². The van der Waals surface area contributed by atoms with Crippen molar-refractivity contribution < 1.29 is 9.53 Å². The summed E-state index contributed by atoms with van der Waals surface area (Å²) in [5.74, 6) is 0.412. The van der Waals surface area contributed by atoms with Gasteiger partial charge in [0.25, 0.3) is 5.91 Å². The second-order valence-electron chi connectivity index (χ2n) is 8.43. The first-order valence-electron chi connectivity index (χ1n) is 12.1. The van der Waals surface area contributed by atoms with Crippen LogP contribution in [0.5, 0.6) is 5.75 Å². The molecule has 3 aromatic carbocycles. The number of anilines is 1. The first-order chi connectivity index (χ1) is 17.6. The molecule has 0 saturated heterocycles. The smallest absolute Gasteiger partial charge is 0.289 e. The van der Waals surface area contributed by atoms with E-state index in [2.05, 4.69) is 82.8 Å². The number of H-pyrrole nitrogens is 1. The van der Waals surface area contributed by atoms with Gasteiger partial charge >= 0.3 is 0 Å². The second-order valence-corrected chi connectivity index (χ2v) is 8.43. The minimum Gasteiger partial charge on any atom is -0.489 e. The Morgan fingerprint density at radius 3 is 2.36 bits per heavy atom. The molecule has 0 aliphatic carbocycles. The summed E-state index contributed by atoms with van der Waals surface area (Å²) in [7, 11) is 0. The standard InChI is InChI=1S/C29H31N5O2/c1-4-34(5-2)25-14-10-22(11-15-25)19-30-33-29(35)28-18-27(31-32-28)24-12-16-26(17-13-24)36-20-23-8-6-21(3)7-9-23/h6-19H,4-5,20H2,1-3H3,(H,31,32)(H,33,35)/b30-19+. The molecule has 4 aromatic rings. The van der Waals surface area contributed by atoms with Crippen LogP contribution in [0.15, 0.2) is 84.0 Å². The van der Waals surface area contributed by atoms with Crippen LogP contribution >= 0.6 is 0 Å². The van der Waals surface area contributed by atoms with Crippen molar-refractivity contribution in [3.8, 4) is 17.0 Å². The Morgan fingerprint density at radius 1 is 1.00 bits per heavy atom. The summed E-state index contributed by atoms with van der Waals surface area (Å²) >= 11 is 0. The molecule has 0 saturated carbocycles. The monoisotopic (exact) mass is 481 g/mol. The number of benzene rings is 3. The molecule has 0 bridgehead atoms. The number of hydrogen-bond acceptors (Lipinski definition) is 5. The first kappa shape index (κ1) is 24.7. The molecule has 1 heterocycles. The van der Waals surface area contributed by atoms with Gasteiger partial charge in [-0.25, -0.2) is 5.43 Å². The van der Waals surface area contributed by atoms with Gasteiger partial charge in [-0.3, -0.25) is 9.89 Å². The number of nitrogens with one attached hydrogen (secondary N) is 2. The van der Waals surface area contributed by atoms with Crippen LogP contribution in [0.2, 0.25) is 0 Å². The Hall–Kier alpha value is -4.39. The quantitative estimate of drug-likeness (QED) is 0.229. The van der Waals surface area contributed by atoms with Crippen molar-refractivity contribution in [1.29, 1.82) is 0 Å². The van der Waals surface area contributed by atoms with Crippen LogP contribution in [0, 0.1) is 6.92 Å². The van der Waals surface area contributed by atoms with Gasteiger partial charge in [-0.2, -0.15) is 10.2 Å². The molecular formula is C29H31N5O2. The van der Waals surface area contributed by atoms with Gasteiger partial charge in [0.05, 0.1) is 11.9 Å². The lowest BCUT2D eigenvalue weighted by atomic mass is 10.1. The number of carbonyl (C=O) groups excluding carboxylic acids is 1. The molecule has 7 heteroatoms. The van der Waals surface area contributed by atoms with E-state index in [4.69, 9.17) is 4.74 Å². The largest absolute Gasteiger partial charge is 0.489 e. The molecule has 2 N–H and O–H groups in total. The molecule has 0 spiro atoms. The summed E-state index contributed by atoms with van der Waals surface area (Å²) in [4.78, 5) is 14.7. The number of aromatic nitrogens is 2. The number of nitrogens with zero attached hydrogens (tertiary/aromatic N) is 3. The lowest BCUT2D eigenvalue weighted by Gasteiger charge is -2.20. The summed E-state index contributed by atoms with van der Waals surface area (Å²) < 4.78 is 5.87. The van der Waals surface area contributed by atoms with E-state index in [1.807, 2.05) is 36.4 Å². The summed E-state index contributed by atoms with van der Waals surface area (Å²) in [6.45, 7) is 8.75. The van der Waals surface area contributed by atoms with Gasteiger partial charge in [0.2, 0.25) is 0 Å². The average molecular weight is 482 g/mol. The third-order valence-electron chi connectivity index (χ3n) is 5.90. The molecule has 4 rings (SSSR count). The van der Waals surface area contributed by atoms with Crippen molar-refractivity contribution in [3.63, 3.8) is 0 Å². The molecule has 1 aromatic heterocycles. The Labute approximate surface area is 211 Å². The summed E-state index contributed by atoms with van der Waals surface area (Å²) in [5, 5.41) is 11.1. The minimum absolute atomic E-state index is 0.332. The highest BCUT2D eigenvalue weighted by Gasteiger charge is 2.11. The van der Waals surface area contributed by atoms with Crippen molar-refractivity contribution >= 4 is 17.8 Å². The van der Waals surface area contributed by atoms with E-state index in [-0.39, 0.29) is 5.91 Å². The number of rotatable bonds is 10. The third-order valence-corrected chi connectivity index (χ3v) is 5.90. The zero-order valence-electron chi connectivity index (χ0n) is 20.9. The van der Waals surface area contributed by atoms with Crippen LogP contribution in [-0.4, -0.2) is 35.4 Å². The molecule has 0 aliphatic heterocycles. The predicted octanol–water partition coefficient (Wildman–Crippen LogP) is 5.57. The van der Waals surface area contributed by atoms with Crippen molar-refractivity contribution in [2.75, 3.05) is 18.0 Å². The Balaban J connectivity index is 1.30. The van der Waals surface area contributed by atoms with Gasteiger partial charge < -0.3 is 9.64 Å². The molecule has 1 amide bonds. The molecule has 0 unspecified atom stereocenters. The summed E-state index contributed by atoms with van der Waals surface area (Å²) in [6, 6.07) is 25.7. The van der Waals surface area contributed by atoms with Crippen molar-refractivity contribution in [3.05, 3.63) is 101 Å². The molecular weight excluding hydrogens is 450 g/mol. The molecule has 0 fully saturated rings. The van der Waals surface area contributed by atoms with E-state index in [0.29, 0.717) is 18.0 Å². The molecule has 0 aliphatic rings. The number of hydrogen-bond donors (Lipinski definition) is 2. The number of hydrazone groups is 1. The third kappa shape index (κ3) is 6.39. The first-order valence-corrected chi connectivity index (χ1v) is 12.1. The number of aryl methyl sites for hydroxylation is 1. The zero-order chi connectivity index (χ0) is 25.3. The van der Waals surface area contributed by atoms with Gasteiger partial charge in [0, 0.05) is 24.3 Å². The van der Waals surface area contributed by atoms with E-state index < -0.39 is 0 Å². The maximum absolute atomic E-state index is 12.5. The fourth-order valence-corrected chi connectivity index (χ4v) is 3.74. The molecule has 184 valence electrons. The topological polar surface area (TPSA) is 82.6 Å². The fourth-order valence-electron chi connectivity index (χ4n) is 3.74. The van der Waals surface area contributed by atoms with Crippen LogP contribution in [0.3, 0.4) is 0 Å². The minimum atomic E-state index is -0.359. The Morgan fingerprint density at radius 2 is 1.69 bits per heavy atom. The number of aromatic amines is 1. The predicted molar refractivity (Wildman–Crippen MR) is 145 cm³/mol. The second kappa shape index (κ2) is 11.8. The average Bonchev–Trinajstić information content (AvgIpc) is 3.41. The number of amides is 1. The van der Waals surface area contributed by atoms with Crippen LogP contribution in [0.4, 0.5) is 5.69 Å². The molecule has 36 heavy (non-hydrogen) atoms. The van der Waals surface area contributed by atoms with Crippen LogP contribution in [0.25, 0.3) is 11.3 Å². The number of carbonyl (C=O) groups is 1. The molecule has 0 radical (unpaired) electrons. The van der Waals surface area contributed by atoms with Crippen molar-refractivity contribution in [1.82, 2.24) is 15.6 Å². The van der Waals surface area contributed by atoms with Crippen LogP contribution in [0.1, 0.15) is 41.0 Å².